The van der Waals surface area contributed by atoms with Crippen LogP contribution in [0, 0.1) is 0 Å². The van der Waals surface area contributed by atoms with E-state index < -0.39 is 0 Å². The highest BCUT2D eigenvalue weighted by molar-refractivity contribution is 5.35. The lowest BCUT2D eigenvalue weighted by atomic mass is 9.93. The molecule has 1 N–H and O–H groups in total. The summed E-state index contributed by atoms with van der Waals surface area (Å²) in [5.74, 6) is 0. The molecule has 100 valence electrons. The van der Waals surface area contributed by atoms with Gasteiger partial charge in [-0.1, -0.05) is 6.92 Å². The fourth-order valence-electron chi connectivity index (χ4n) is 2.80. The molecule has 0 aromatic carbocycles. The summed E-state index contributed by atoms with van der Waals surface area (Å²) >= 11 is 0. The molecule has 2 aromatic heterocycles. The predicted octanol–water partition coefficient (Wildman–Crippen LogP) is 2.64. The molecule has 0 bridgehead atoms. The average molecular weight is 256 g/mol. The Labute approximate surface area is 113 Å². The van der Waals surface area contributed by atoms with E-state index in [1.165, 1.54) is 30.5 Å². The summed E-state index contributed by atoms with van der Waals surface area (Å²) in [5.41, 5.74) is 3.83. The van der Waals surface area contributed by atoms with Gasteiger partial charge in [0.2, 0.25) is 0 Å². The van der Waals surface area contributed by atoms with E-state index in [1.54, 1.807) is 0 Å². The van der Waals surface area contributed by atoms with Gasteiger partial charge < -0.3 is 5.32 Å². The van der Waals surface area contributed by atoms with E-state index in [-0.39, 0.29) is 0 Å². The Balaban J connectivity index is 1.92. The van der Waals surface area contributed by atoms with Crippen molar-refractivity contribution in [2.45, 2.75) is 38.6 Å². The SMILES string of the molecule is CCCNC1CCCc2c1cnn2-c1ccncc1. The van der Waals surface area contributed by atoms with Gasteiger partial charge in [0.15, 0.2) is 0 Å². The van der Waals surface area contributed by atoms with Crippen molar-refractivity contribution in [2.75, 3.05) is 6.54 Å². The third-order valence-electron chi connectivity index (χ3n) is 3.73. The number of hydrogen-bond donors (Lipinski definition) is 1. The number of rotatable bonds is 4. The molecule has 1 aliphatic rings. The van der Waals surface area contributed by atoms with Gasteiger partial charge in [0.1, 0.15) is 0 Å². The molecular formula is C15H20N4. The Kier molecular flexibility index (Phi) is 3.60. The van der Waals surface area contributed by atoms with Crippen LogP contribution in [0.4, 0.5) is 0 Å². The number of pyridine rings is 1. The second-order valence-electron chi connectivity index (χ2n) is 5.06. The second-order valence-corrected chi connectivity index (χ2v) is 5.06. The maximum atomic E-state index is 4.58. The van der Waals surface area contributed by atoms with Gasteiger partial charge >= 0.3 is 0 Å². The van der Waals surface area contributed by atoms with Crippen molar-refractivity contribution in [1.82, 2.24) is 20.1 Å². The lowest BCUT2D eigenvalue weighted by Crippen LogP contribution is -2.25. The van der Waals surface area contributed by atoms with E-state index in [9.17, 15) is 0 Å². The third-order valence-corrected chi connectivity index (χ3v) is 3.73. The summed E-state index contributed by atoms with van der Waals surface area (Å²) in [7, 11) is 0. The lowest BCUT2D eigenvalue weighted by Gasteiger charge is -2.24. The number of nitrogens with zero attached hydrogens (tertiary/aromatic N) is 3. The maximum absolute atomic E-state index is 4.58. The van der Waals surface area contributed by atoms with Gasteiger partial charge in [-0.2, -0.15) is 5.10 Å². The van der Waals surface area contributed by atoms with Crippen molar-refractivity contribution in [3.8, 4) is 5.69 Å². The second kappa shape index (κ2) is 5.53. The van der Waals surface area contributed by atoms with Crippen molar-refractivity contribution < 1.29 is 0 Å². The van der Waals surface area contributed by atoms with Gasteiger partial charge in [0.25, 0.3) is 0 Å². The van der Waals surface area contributed by atoms with E-state index >= 15 is 0 Å². The van der Waals surface area contributed by atoms with Gasteiger partial charge in [-0.25, -0.2) is 4.68 Å². The summed E-state index contributed by atoms with van der Waals surface area (Å²) in [4.78, 5) is 4.07. The highest BCUT2D eigenvalue weighted by atomic mass is 15.3. The zero-order valence-corrected chi connectivity index (χ0v) is 11.3. The van der Waals surface area contributed by atoms with Crippen molar-refractivity contribution in [3.63, 3.8) is 0 Å². The summed E-state index contributed by atoms with van der Waals surface area (Å²) < 4.78 is 2.07. The molecule has 0 aliphatic heterocycles. The summed E-state index contributed by atoms with van der Waals surface area (Å²) in [6.07, 6.45) is 10.4. The van der Waals surface area contributed by atoms with Crippen LogP contribution in [0.25, 0.3) is 5.69 Å². The van der Waals surface area contributed by atoms with Crippen LogP contribution in [0.2, 0.25) is 0 Å². The van der Waals surface area contributed by atoms with Crippen LogP contribution in [0.1, 0.15) is 43.5 Å². The molecule has 4 heteroatoms. The van der Waals surface area contributed by atoms with Crippen molar-refractivity contribution in [2.24, 2.45) is 0 Å². The minimum Gasteiger partial charge on any atom is -0.310 e. The standard InChI is InChI=1S/C15H20N4/c1-2-8-17-14-4-3-5-15-13(14)11-18-19(15)12-6-9-16-10-7-12/h6-7,9-11,14,17H,2-5,8H2,1H3. The minimum absolute atomic E-state index is 0.472. The van der Waals surface area contributed by atoms with Crippen LogP contribution < -0.4 is 5.32 Å². The average Bonchev–Trinajstić information content (AvgIpc) is 2.90. The van der Waals surface area contributed by atoms with Crippen molar-refractivity contribution in [3.05, 3.63) is 42.0 Å². The molecule has 1 atom stereocenters. The molecule has 0 fully saturated rings. The molecule has 2 aromatic rings. The van der Waals surface area contributed by atoms with Gasteiger partial charge in [-0.05, 0) is 44.4 Å². The van der Waals surface area contributed by atoms with Crippen molar-refractivity contribution >= 4 is 0 Å². The summed E-state index contributed by atoms with van der Waals surface area (Å²) in [6.45, 7) is 3.28. The first-order chi connectivity index (χ1) is 9.40. The lowest BCUT2D eigenvalue weighted by molar-refractivity contribution is 0.456. The molecule has 0 amide bonds. The highest BCUT2D eigenvalue weighted by Gasteiger charge is 2.23. The Morgan fingerprint density at radius 3 is 3.00 bits per heavy atom. The Bertz CT molecular complexity index is 532. The minimum atomic E-state index is 0.472. The first-order valence-electron chi connectivity index (χ1n) is 7.10. The predicted molar refractivity (Wildman–Crippen MR) is 75.3 cm³/mol. The van der Waals surface area contributed by atoms with Gasteiger partial charge in [-0.15, -0.1) is 0 Å². The topological polar surface area (TPSA) is 42.7 Å². The van der Waals surface area contributed by atoms with E-state index in [2.05, 4.69) is 27.0 Å². The number of nitrogens with one attached hydrogen (secondary N) is 1. The zero-order valence-electron chi connectivity index (χ0n) is 11.3. The van der Waals surface area contributed by atoms with Crippen LogP contribution in [0.5, 0.6) is 0 Å². The molecule has 2 heterocycles. The largest absolute Gasteiger partial charge is 0.310 e. The molecule has 3 rings (SSSR count). The molecule has 19 heavy (non-hydrogen) atoms. The quantitative estimate of drug-likeness (QED) is 0.914. The number of fused-ring (bicyclic) bond motifs is 1. The molecule has 0 saturated carbocycles. The van der Waals surface area contributed by atoms with E-state index in [0.717, 1.165) is 18.7 Å². The monoisotopic (exact) mass is 256 g/mol. The Morgan fingerprint density at radius 2 is 2.21 bits per heavy atom. The van der Waals surface area contributed by atoms with Gasteiger partial charge in [-0.3, -0.25) is 4.98 Å². The van der Waals surface area contributed by atoms with E-state index in [1.807, 2.05) is 30.7 Å². The van der Waals surface area contributed by atoms with Crippen LogP contribution >= 0.6 is 0 Å². The highest BCUT2D eigenvalue weighted by Crippen LogP contribution is 2.30. The number of hydrogen-bond acceptors (Lipinski definition) is 3. The Morgan fingerprint density at radius 1 is 1.37 bits per heavy atom. The van der Waals surface area contributed by atoms with Crippen molar-refractivity contribution in [1.29, 1.82) is 0 Å². The molecule has 0 saturated heterocycles. The van der Waals surface area contributed by atoms with E-state index in [4.69, 9.17) is 0 Å². The fraction of sp³-hybridized carbons (Fsp3) is 0.467. The van der Waals surface area contributed by atoms with Crippen LogP contribution in [-0.4, -0.2) is 21.3 Å². The van der Waals surface area contributed by atoms with Crippen LogP contribution in [0.3, 0.4) is 0 Å². The number of aromatic nitrogens is 3. The molecule has 0 radical (unpaired) electrons. The first kappa shape index (κ1) is 12.4. The Hall–Kier alpha value is -1.68. The van der Waals surface area contributed by atoms with Gasteiger partial charge in [0.05, 0.1) is 11.9 Å². The molecule has 0 spiro atoms. The molecule has 1 unspecified atom stereocenters. The van der Waals surface area contributed by atoms with Gasteiger partial charge in [0, 0.05) is 29.7 Å². The molecule has 4 nitrogen and oxygen atoms in total. The maximum Gasteiger partial charge on any atom is 0.0679 e. The van der Waals surface area contributed by atoms with E-state index in [0.29, 0.717) is 6.04 Å². The smallest absolute Gasteiger partial charge is 0.0679 e. The molecular weight excluding hydrogens is 236 g/mol. The zero-order chi connectivity index (χ0) is 13.1. The third kappa shape index (κ3) is 2.40. The summed E-state index contributed by atoms with van der Waals surface area (Å²) in [5, 5.41) is 8.20. The molecule has 1 aliphatic carbocycles. The normalized spacial score (nSPS) is 18.3. The first-order valence-corrected chi connectivity index (χ1v) is 7.10. The van der Waals surface area contributed by atoms with Crippen LogP contribution in [0.15, 0.2) is 30.7 Å². The fourth-order valence-corrected chi connectivity index (χ4v) is 2.80. The van der Waals surface area contributed by atoms with Crippen LogP contribution in [-0.2, 0) is 6.42 Å². The summed E-state index contributed by atoms with van der Waals surface area (Å²) in [6, 6.07) is 4.49.